The van der Waals surface area contributed by atoms with Crippen LogP contribution in [0.2, 0.25) is 5.02 Å². The Kier molecular flexibility index (Phi) is 2.59. The van der Waals surface area contributed by atoms with E-state index < -0.39 is 0 Å². The van der Waals surface area contributed by atoms with Crippen molar-refractivity contribution in [2.45, 2.75) is 6.42 Å². The van der Waals surface area contributed by atoms with Crippen molar-refractivity contribution in [2.75, 3.05) is 17.6 Å². The van der Waals surface area contributed by atoms with E-state index in [0.29, 0.717) is 16.7 Å². The Hall–Kier alpha value is -2.27. The van der Waals surface area contributed by atoms with Crippen molar-refractivity contribution in [2.24, 2.45) is 7.05 Å². The molecular weight excluding hydrogens is 286 g/mol. The molecule has 2 aromatic heterocycles. The molecular formula is C15H14ClN5. The molecule has 1 aliphatic rings. The zero-order chi connectivity index (χ0) is 14.6. The fraction of sp³-hybridized carbons (Fsp3) is 0.200. The first-order valence-electron chi connectivity index (χ1n) is 6.79. The summed E-state index contributed by atoms with van der Waals surface area (Å²) in [6.45, 7) is 0.915. The van der Waals surface area contributed by atoms with Crippen LogP contribution in [0.15, 0.2) is 24.4 Å². The van der Waals surface area contributed by atoms with Gasteiger partial charge in [-0.15, -0.1) is 0 Å². The van der Waals surface area contributed by atoms with Crippen LogP contribution in [0.1, 0.15) is 5.56 Å². The Morgan fingerprint density at radius 1 is 1.29 bits per heavy atom. The maximum absolute atomic E-state index is 6.54. The lowest BCUT2D eigenvalue weighted by atomic mass is 10.1. The van der Waals surface area contributed by atoms with Crippen LogP contribution in [0.4, 0.5) is 11.5 Å². The highest BCUT2D eigenvalue weighted by atomic mass is 35.5. The molecule has 3 aromatic rings. The highest BCUT2D eigenvalue weighted by Gasteiger charge is 2.19. The molecule has 0 spiro atoms. The molecule has 3 heterocycles. The molecule has 0 radical (unpaired) electrons. The van der Waals surface area contributed by atoms with Gasteiger partial charge in [0.2, 0.25) is 0 Å². The lowest BCUT2D eigenvalue weighted by Gasteiger charge is -2.09. The lowest BCUT2D eigenvalue weighted by molar-refractivity contribution is 0.945. The number of hydrogen-bond acceptors (Lipinski definition) is 4. The molecule has 0 saturated heterocycles. The molecule has 21 heavy (non-hydrogen) atoms. The molecule has 0 saturated carbocycles. The lowest BCUT2D eigenvalue weighted by Crippen LogP contribution is -2.00. The van der Waals surface area contributed by atoms with Crippen LogP contribution < -0.4 is 11.1 Å². The number of aromatic nitrogens is 3. The predicted octanol–water partition coefficient (Wildman–Crippen LogP) is 2.84. The van der Waals surface area contributed by atoms with Crippen LogP contribution in [0, 0.1) is 0 Å². The second-order valence-electron chi connectivity index (χ2n) is 5.23. The van der Waals surface area contributed by atoms with Gasteiger partial charge in [0.1, 0.15) is 11.5 Å². The van der Waals surface area contributed by atoms with Gasteiger partial charge in [0.25, 0.3) is 0 Å². The van der Waals surface area contributed by atoms with Gasteiger partial charge < -0.3 is 15.6 Å². The summed E-state index contributed by atoms with van der Waals surface area (Å²) in [5.74, 6) is 1.05. The van der Waals surface area contributed by atoms with Crippen LogP contribution in [0.5, 0.6) is 0 Å². The van der Waals surface area contributed by atoms with E-state index in [1.807, 2.05) is 36.0 Å². The quantitative estimate of drug-likeness (QED) is 0.725. The van der Waals surface area contributed by atoms with Crippen LogP contribution in [0.3, 0.4) is 0 Å². The molecule has 0 unspecified atom stereocenters. The van der Waals surface area contributed by atoms with Crippen molar-refractivity contribution >= 4 is 34.1 Å². The van der Waals surface area contributed by atoms with E-state index in [2.05, 4.69) is 15.3 Å². The Morgan fingerprint density at radius 2 is 2.14 bits per heavy atom. The maximum atomic E-state index is 6.54. The molecule has 0 bridgehead atoms. The summed E-state index contributed by atoms with van der Waals surface area (Å²) in [5.41, 5.74) is 9.91. The molecule has 6 heteroatoms. The third kappa shape index (κ3) is 1.77. The van der Waals surface area contributed by atoms with Gasteiger partial charge in [-0.2, -0.15) is 0 Å². The zero-order valence-electron chi connectivity index (χ0n) is 11.5. The molecule has 0 atom stereocenters. The van der Waals surface area contributed by atoms with Crippen molar-refractivity contribution in [3.05, 3.63) is 35.0 Å². The molecule has 1 aliphatic heterocycles. The zero-order valence-corrected chi connectivity index (χ0v) is 12.3. The second kappa shape index (κ2) is 4.36. The van der Waals surface area contributed by atoms with Crippen molar-refractivity contribution in [3.8, 4) is 11.4 Å². The van der Waals surface area contributed by atoms with E-state index in [0.717, 1.165) is 40.8 Å². The van der Waals surface area contributed by atoms with E-state index in [1.165, 1.54) is 0 Å². The van der Waals surface area contributed by atoms with E-state index in [-0.39, 0.29) is 0 Å². The number of aryl methyl sites for hydroxylation is 1. The average molecular weight is 300 g/mol. The Balaban J connectivity index is 1.96. The van der Waals surface area contributed by atoms with E-state index in [9.17, 15) is 0 Å². The van der Waals surface area contributed by atoms with Gasteiger partial charge in [-0.3, -0.25) is 0 Å². The summed E-state index contributed by atoms with van der Waals surface area (Å²) >= 11 is 6.54. The van der Waals surface area contributed by atoms with Gasteiger partial charge >= 0.3 is 0 Å². The second-order valence-corrected chi connectivity index (χ2v) is 5.60. The maximum Gasteiger partial charge on any atom is 0.165 e. The van der Waals surface area contributed by atoms with Gasteiger partial charge in [0.05, 0.1) is 10.4 Å². The molecule has 106 valence electrons. The SMILES string of the molecule is Cn1ccc2c(N)nc(-c3ccc4c(c3Cl)CCN4)nc21. The molecule has 0 amide bonds. The highest BCUT2D eigenvalue weighted by Crippen LogP contribution is 2.37. The highest BCUT2D eigenvalue weighted by molar-refractivity contribution is 6.34. The van der Waals surface area contributed by atoms with E-state index in [1.54, 1.807) is 0 Å². The minimum Gasteiger partial charge on any atom is -0.384 e. The number of benzene rings is 1. The third-order valence-electron chi connectivity index (χ3n) is 3.93. The molecule has 4 rings (SSSR count). The van der Waals surface area contributed by atoms with Gasteiger partial charge in [0.15, 0.2) is 5.82 Å². The van der Waals surface area contributed by atoms with E-state index >= 15 is 0 Å². The fourth-order valence-corrected chi connectivity index (χ4v) is 3.15. The summed E-state index contributed by atoms with van der Waals surface area (Å²) < 4.78 is 1.93. The summed E-state index contributed by atoms with van der Waals surface area (Å²) in [6, 6.07) is 5.89. The van der Waals surface area contributed by atoms with Crippen LogP contribution >= 0.6 is 11.6 Å². The Morgan fingerprint density at radius 3 is 3.00 bits per heavy atom. The number of halogens is 1. The standard InChI is InChI=1S/C15H14ClN5/c1-21-7-5-10-13(17)19-14(20-15(10)21)9-2-3-11-8(12(9)16)4-6-18-11/h2-3,5,7,18H,4,6H2,1H3,(H2,17,19,20). The smallest absolute Gasteiger partial charge is 0.165 e. The number of hydrogen-bond donors (Lipinski definition) is 2. The Labute approximate surface area is 126 Å². The third-order valence-corrected chi connectivity index (χ3v) is 4.36. The minimum atomic E-state index is 0.477. The minimum absolute atomic E-state index is 0.477. The predicted molar refractivity (Wildman–Crippen MR) is 85.6 cm³/mol. The molecule has 0 fully saturated rings. The normalized spacial score (nSPS) is 13.4. The van der Waals surface area contributed by atoms with Gasteiger partial charge in [0, 0.05) is 31.0 Å². The number of fused-ring (bicyclic) bond motifs is 2. The summed E-state index contributed by atoms with van der Waals surface area (Å²) in [4.78, 5) is 9.04. The largest absolute Gasteiger partial charge is 0.384 e. The number of nitrogens with two attached hydrogens (primary N) is 1. The Bertz CT molecular complexity index is 868. The number of nitrogen functional groups attached to an aromatic ring is 1. The average Bonchev–Trinajstić information content (AvgIpc) is 3.07. The fourth-order valence-electron chi connectivity index (χ4n) is 2.81. The van der Waals surface area contributed by atoms with Crippen LogP contribution in [0.25, 0.3) is 22.4 Å². The number of rotatable bonds is 1. The van der Waals surface area contributed by atoms with Gasteiger partial charge in [-0.1, -0.05) is 11.6 Å². The molecule has 1 aromatic carbocycles. The van der Waals surface area contributed by atoms with E-state index in [4.69, 9.17) is 17.3 Å². The first-order chi connectivity index (χ1) is 10.1. The summed E-state index contributed by atoms with van der Waals surface area (Å²) in [5, 5.41) is 4.89. The van der Waals surface area contributed by atoms with Crippen molar-refractivity contribution in [3.63, 3.8) is 0 Å². The van der Waals surface area contributed by atoms with Crippen molar-refractivity contribution < 1.29 is 0 Å². The monoisotopic (exact) mass is 299 g/mol. The molecule has 3 N–H and O–H groups in total. The molecule has 0 aliphatic carbocycles. The van der Waals surface area contributed by atoms with Crippen LogP contribution in [-0.2, 0) is 13.5 Å². The van der Waals surface area contributed by atoms with Gasteiger partial charge in [-0.25, -0.2) is 9.97 Å². The first kappa shape index (κ1) is 12.5. The van der Waals surface area contributed by atoms with Crippen molar-refractivity contribution in [1.82, 2.24) is 14.5 Å². The topological polar surface area (TPSA) is 68.8 Å². The summed E-state index contributed by atoms with van der Waals surface area (Å²) in [6.07, 6.45) is 2.84. The van der Waals surface area contributed by atoms with Gasteiger partial charge in [-0.05, 0) is 30.2 Å². The number of nitrogens with zero attached hydrogens (tertiary/aromatic N) is 3. The van der Waals surface area contributed by atoms with Crippen molar-refractivity contribution in [1.29, 1.82) is 0 Å². The number of anilines is 2. The van der Waals surface area contributed by atoms with Crippen LogP contribution in [-0.4, -0.2) is 21.1 Å². The molecule has 5 nitrogen and oxygen atoms in total. The first-order valence-corrected chi connectivity index (χ1v) is 7.17. The number of nitrogens with one attached hydrogen (secondary N) is 1. The summed E-state index contributed by atoms with van der Waals surface area (Å²) in [7, 11) is 1.94.